The van der Waals surface area contributed by atoms with Crippen LogP contribution in [0.3, 0.4) is 0 Å². The quantitative estimate of drug-likeness (QED) is 0.656. The Kier molecular flexibility index (Phi) is 4.88. The summed E-state index contributed by atoms with van der Waals surface area (Å²) >= 11 is 2.79. The van der Waals surface area contributed by atoms with Crippen molar-refractivity contribution in [3.63, 3.8) is 0 Å². The molecular formula is C19H20N4O3S2. The summed E-state index contributed by atoms with van der Waals surface area (Å²) in [4.78, 5) is 34.3. The number of carbonyl (C=O) groups excluding carboxylic acids is 1. The summed E-state index contributed by atoms with van der Waals surface area (Å²) in [6, 6.07) is 5.18. The van der Waals surface area contributed by atoms with E-state index in [9.17, 15) is 9.59 Å². The molecule has 0 fully saturated rings. The first-order valence-electron chi connectivity index (χ1n) is 8.87. The molecule has 146 valence electrons. The monoisotopic (exact) mass is 416 g/mol. The summed E-state index contributed by atoms with van der Waals surface area (Å²) in [5.41, 5.74) is 1.14. The van der Waals surface area contributed by atoms with Crippen LogP contribution in [-0.2, 0) is 16.8 Å². The van der Waals surface area contributed by atoms with E-state index >= 15 is 0 Å². The fourth-order valence-corrected chi connectivity index (χ4v) is 4.62. The van der Waals surface area contributed by atoms with Crippen molar-refractivity contribution in [2.45, 2.75) is 37.9 Å². The summed E-state index contributed by atoms with van der Waals surface area (Å²) in [7, 11) is 0. The molecule has 0 spiro atoms. The standard InChI is InChI=1S/C19H20N4O3S2/c1-19(2,3)14-7-15(24)23-8-11(9-28-18(23)21-14)16(25)22-17-20-12(10-27-17)13-5-4-6-26-13/h4-7,10-11H,8-9H2,1-3H3,(H,20,22,25). The molecule has 0 bridgehead atoms. The number of furan rings is 1. The number of carbonyl (C=O) groups is 1. The third-order valence-corrected chi connectivity index (χ3v) is 6.33. The second-order valence-electron chi connectivity index (χ2n) is 7.64. The molecule has 1 atom stereocenters. The predicted molar refractivity (Wildman–Crippen MR) is 110 cm³/mol. The summed E-state index contributed by atoms with van der Waals surface area (Å²) in [6.45, 7) is 6.41. The van der Waals surface area contributed by atoms with Crippen molar-refractivity contribution in [2.75, 3.05) is 11.1 Å². The maximum Gasteiger partial charge on any atom is 0.254 e. The minimum atomic E-state index is -0.326. The Bertz CT molecular complexity index is 1060. The van der Waals surface area contributed by atoms with Gasteiger partial charge < -0.3 is 9.73 Å². The minimum Gasteiger partial charge on any atom is -0.463 e. The van der Waals surface area contributed by atoms with Crippen LogP contribution in [0.25, 0.3) is 11.5 Å². The molecule has 7 nitrogen and oxygen atoms in total. The van der Waals surface area contributed by atoms with Crippen LogP contribution in [0.15, 0.2) is 44.2 Å². The van der Waals surface area contributed by atoms with Gasteiger partial charge >= 0.3 is 0 Å². The van der Waals surface area contributed by atoms with Crippen LogP contribution in [0, 0.1) is 5.92 Å². The predicted octanol–water partition coefficient (Wildman–Crippen LogP) is 3.62. The van der Waals surface area contributed by atoms with E-state index < -0.39 is 0 Å². The summed E-state index contributed by atoms with van der Waals surface area (Å²) in [5, 5.41) is 5.88. The second kappa shape index (κ2) is 7.21. The summed E-state index contributed by atoms with van der Waals surface area (Å²) < 4.78 is 6.91. The Balaban J connectivity index is 1.48. The van der Waals surface area contributed by atoms with E-state index in [2.05, 4.69) is 15.3 Å². The normalized spacial score (nSPS) is 16.6. The lowest BCUT2D eigenvalue weighted by molar-refractivity contribution is -0.119. The Morgan fingerprint density at radius 1 is 1.36 bits per heavy atom. The molecule has 28 heavy (non-hydrogen) atoms. The highest BCUT2D eigenvalue weighted by molar-refractivity contribution is 7.99. The molecule has 0 saturated carbocycles. The highest BCUT2D eigenvalue weighted by atomic mass is 32.2. The molecule has 0 aliphatic carbocycles. The van der Waals surface area contributed by atoms with Gasteiger partial charge in [0.15, 0.2) is 16.0 Å². The first kappa shape index (κ1) is 18.9. The fraction of sp³-hybridized carbons (Fsp3) is 0.368. The van der Waals surface area contributed by atoms with Gasteiger partial charge in [-0.1, -0.05) is 32.5 Å². The molecule has 0 saturated heterocycles. The lowest BCUT2D eigenvalue weighted by Crippen LogP contribution is -2.37. The largest absolute Gasteiger partial charge is 0.463 e. The lowest BCUT2D eigenvalue weighted by atomic mass is 9.92. The van der Waals surface area contributed by atoms with Crippen LogP contribution in [0.5, 0.6) is 0 Å². The molecule has 0 radical (unpaired) electrons. The highest BCUT2D eigenvalue weighted by Crippen LogP contribution is 2.30. The van der Waals surface area contributed by atoms with Crippen molar-refractivity contribution < 1.29 is 9.21 Å². The van der Waals surface area contributed by atoms with Crippen LogP contribution in [0.1, 0.15) is 26.5 Å². The van der Waals surface area contributed by atoms with Crippen molar-refractivity contribution in [1.82, 2.24) is 14.5 Å². The van der Waals surface area contributed by atoms with E-state index in [1.54, 1.807) is 23.0 Å². The Hall–Kier alpha value is -2.39. The van der Waals surface area contributed by atoms with Gasteiger partial charge in [-0.15, -0.1) is 11.3 Å². The number of hydrogen-bond donors (Lipinski definition) is 1. The van der Waals surface area contributed by atoms with Gasteiger partial charge in [0.1, 0.15) is 5.69 Å². The first-order chi connectivity index (χ1) is 13.3. The summed E-state index contributed by atoms with van der Waals surface area (Å²) in [6.07, 6.45) is 1.58. The van der Waals surface area contributed by atoms with Gasteiger partial charge in [0.05, 0.1) is 17.9 Å². The van der Waals surface area contributed by atoms with Crippen molar-refractivity contribution in [1.29, 1.82) is 0 Å². The molecule has 9 heteroatoms. The third kappa shape index (κ3) is 3.77. The molecule has 1 amide bonds. The average Bonchev–Trinajstić information content (AvgIpc) is 3.32. The molecule has 3 aromatic rings. The molecule has 4 rings (SSSR count). The number of nitrogens with one attached hydrogen (secondary N) is 1. The minimum absolute atomic E-state index is 0.116. The Morgan fingerprint density at radius 2 is 2.18 bits per heavy atom. The van der Waals surface area contributed by atoms with Crippen molar-refractivity contribution in [3.8, 4) is 11.5 Å². The molecular weight excluding hydrogens is 396 g/mol. The van der Waals surface area contributed by atoms with E-state index in [-0.39, 0.29) is 22.8 Å². The van der Waals surface area contributed by atoms with Gasteiger partial charge in [-0.25, -0.2) is 9.97 Å². The number of nitrogens with zero attached hydrogens (tertiary/aromatic N) is 3. The van der Waals surface area contributed by atoms with Gasteiger partial charge in [-0.3, -0.25) is 14.2 Å². The molecule has 0 aromatic carbocycles. The number of rotatable bonds is 3. The number of amides is 1. The van der Waals surface area contributed by atoms with E-state index in [0.29, 0.717) is 34.0 Å². The van der Waals surface area contributed by atoms with E-state index in [1.165, 1.54) is 23.1 Å². The molecule has 1 unspecified atom stereocenters. The van der Waals surface area contributed by atoms with Crippen LogP contribution in [-0.4, -0.2) is 26.2 Å². The van der Waals surface area contributed by atoms with Gasteiger partial charge in [-0.2, -0.15) is 0 Å². The van der Waals surface area contributed by atoms with E-state index in [4.69, 9.17) is 4.42 Å². The van der Waals surface area contributed by atoms with Gasteiger partial charge in [0.25, 0.3) is 5.56 Å². The fourth-order valence-electron chi connectivity index (χ4n) is 2.83. The molecule has 1 aliphatic rings. The molecule has 4 heterocycles. The number of thiazole rings is 1. The zero-order chi connectivity index (χ0) is 19.9. The van der Waals surface area contributed by atoms with Crippen molar-refractivity contribution in [2.24, 2.45) is 5.92 Å². The second-order valence-corrected chi connectivity index (χ2v) is 9.48. The van der Waals surface area contributed by atoms with Crippen molar-refractivity contribution >= 4 is 34.1 Å². The number of aromatic nitrogens is 3. The topological polar surface area (TPSA) is 90.0 Å². The van der Waals surface area contributed by atoms with E-state index in [0.717, 1.165) is 5.69 Å². The molecule has 1 aliphatic heterocycles. The molecule has 3 aromatic heterocycles. The number of fused-ring (bicyclic) bond motifs is 1. The van der Waals surface area contributed by atoms with Crippen molar-refractivity contribution in [3.05, 3.63) is 45.9 Å². The number of hydrogen-bond acceptors (Lipinski definition) is 7. The number of thioether (sulfide) groups is 1. The van der Waals surface area contributed by atoms with Crippen LogP contribution in [0.4, 0.5) is 5.13 Å². The number of anilines is 1. The third-order valence-electron chi connectivity index (χ3n) is 4.44. The van der Waals surface area contributed by atoms with Crippen LogP contribution < -0.4 is 10.9 Å². The highest BCUT2D eigenvalue weighted by Gasteiger charge is 2.29. The van der Waals surface area contributed by atoms with Gasteiger partial charge in [0, 0.05) is 29.2 Å². The zero-order valence-corrected chi connectivity index (χ0v) is 17.4. The maximum absolute atomic E-state index is 12.7. The Morgan fingerprint density at radius 3 is 2.89 bits per heavy atom. The lowest BCUT2D eigenvalue weighted by Gasteiger charge is -2.26. The average molecular weight is 417 g/mol. The maximum atomic E-state index is 12.7. The smallest absolute Gasteiger partial charge is 0.254 e. The van der Waals surface area contributed by atoms with E-state index in [1.807, 2.05) is 32.2 Å². The zero-order valence-electron chi connectivity index (χ0n) is 15.8. The SMILES string of the molecule is CC(C)(C)c1cc(=O)n2c(n1)SCC(C(=O)Nc1nc(-c3ccco3)cs1)C2. The first-order valence-corrected chi connectivity index (χ1v) is 10.7. The Labute approximate surface area is 170 Å². The molecule has 1 N–H and O–H groups in total. The van der Waals surface area contributed by atoms with Gasteiger partial charge in [-0.05, 0) is 12.1 Å². The summed E-state index contributed by atoms with van der Waals surface area (Å²) in [5.74, 6) is 0.757. The van der Waals surface area contributed by atoms with Gasteiger partial charge in [0.2, 0.25) is 5.91 Å². The van der Waals surface area contributed by atoms with Crippen LogP contribution in [0.2, 0.25) is 0 Å². The van der Waals surface area contributed by atoms with Crippen LogP contribution >= 0.6 is 23.1 Å².